The molecule has 0 spiro atoms. The SMILES string of the molecule is COc1cc(O)c2c(=O)cc(-c3ccc(N4CCC(N5CCOCC5)CC4)cc3)oc2c1N1CCNCC1. The van der Waals surface area contributed by atoms with E-state index >= 15 is 0 Å². The molecule has 3 saturated heterocycles. The molecule has 0 saturated carbocycles. The monoisotopic (exact) mass is 520 g/mol. The summed E-state index contributed by atoms with van der Waals surface area (Å²) >= 11 is 0. The van der Waals surface area contributed by atoms with Crippen molar-refractivity contribution in [1.29, 1.82) is 0 Å². The van der Waals surface area contributed by atoms with Crippen molar-refractivity contribution in [3.8, 4) is 22.8 Å². The van der Waals surface area contributed by atoms with Gasteiger partial charge in [-0.3, -0.25) is 9.69 Å². The number of nitrogens with zero attached hydrogens (tertiary/aromatic N) is 3. The van der Waals surface area contributed by atoms with E-state index in [0.717, 1.165) is 84.0 Å². The van der Waals surface area contributed by atoms with Crippen LogP contribution in [0.1, 0.15) is 12.8 Å². The molecule has 3 aliphatic rings. The van der Waals surface area contributed by atoms with E-state index < -0.39 is 0 Å². The molecule has 0 bridgehead atoms. The maximum atomic E-state index is 13.2. The van der Waals surface area contributed by atoms with Gasteiger partial charge in [-0.05, 0) is 37.1 Å². The molecule has 3 fully saturated rings. The summed E-state index contributed by atoms with van der Waals surface area (Å²) in [5, 5.41) is 14.2. The summed E-state index contributed by atoms with van der Waals surface area (Å²) in [6.45, 7) is 8.96. The highest BCUT2D eigenvalue weighted by molar-refractivity contribution is 5.97. The maximum absolute atomic E-state index is 13.2. The zero-order valence-corrected chi connectivity index (χ0v) is 21.9. The topological polar surface area (TPSA) is 90.7 Å². The summed E-state index contributed by atoms with van der Waals surface area (Å²) < 4.78 is 17.5. The van der Waals surface area contributed by atoms with Crippen LogP contribution in [0.5, 0.6) is 11.5 Å². The molecule has 2 N–H and O–H groups in total. The van der Waals surface area contributed by atoms with E-state index in [1.165, 1.54) is 17.8 Å². The number of nitrogens with one attached hydrogen (secondary N) is 1. The molecule has 0 aliphatic carbocycles. The number of morpholine rings is 1. The Kier molecular flexibility index (Phi) is 7.14. The number of hydrogen-bond acceptors (Lipinski definition) is 9. The first-order valence-electron chi connectivity index (χ1n) is 13.6. The highest BCUT2D eigenvalue weighted by Gasteiger charge is 2.27. The molecule has 3 aromatic rings. The van der Waals surface area contributed by atoms with Crippen molar-refractivity contribution in [2.75, 3.05) is 82.5 Å². The quantitative estimate of drug-likeness (QED) is 0.527. The fourth-order valence-electron chi connectivity index (χ4n) is 6.03. The molecule has 2 aromatic carbocycles. The highest BCUT2D eigenvalue weighted by Crippen LogP contribution is 2.41. The van der Waals surface area contributed by atoms with Gasteiger partial charge in [0.1, 0.15) is 28.3 Å². The fraction of sp³-hybridized carbons (Fsp3) is 0.483. The van der Waals surface area contributed by atoms with Crippen molar-refractivity contribution in [2.24, 2.45) is 0 Å². The maximum Gasteiger partial charge on any atom is 0.197 e. The van der Waals surface area contributed by atoms with E-state index in [1.807, 2.05) is 12.1 Å². The number of piperazine rings is 1. The van der Waals surface area contributed by atoms with Gasteiger partial charge in [0.15, 0.2) is 11.0 Å². The van der Waals surface area contributed by atoms with Crippen LogP contribution in [0.3, 0.4) is 0 Å². The van der Waals surface area contributed by atoms with Gasteiger partial charge in [-0.1, -0.05) is 0 Å². The largest absolute Gasteiger partial charge is 0.507 e. The molecule has 38 heavy (non-hydrogen) atoms. The molecular weight excluding hydrogens is 484 g/mol. The van der Waals surface area contributed by atoms with Gasteiger partial charge in [0, 0.05) is 81.8 Å². The van der Waals surface area contributed by atoms with Crippen molar-refractivity contribution >= 4 is 22.3 Å². The van der Waals surface area contributed by atoms with Crippen LogP contribution in [0.2, 0.25) is 0 Å². The van der Waals surface area contributed by atoms with Crippen LogP contribution in [-0.4, -0.2) is 88.7 Å². The van der Waals surface area contributed by atoms with Crippen LogP contribution in [-0.2, 0) is 4.74 Å². The standard InChI is InChI=1S/C29H36N4O5/c1-36-26-19-24(35)27-23(34)18-25(38-29(27)28(26)33-12-8-30-9-13-33)20-2-4-21(5-3-20)31-10-6-22(7-11-31)32-14-16-37-17-15-32/h2-5,18-19,22,30,35H,6-17H2,1H3. The third kappa shape index (κ3) is 4.81. The van der Waals surface area contributed by atoms with Crippen LogP contribution in [0.25, 0.3) is 22.3 Å². The number of piperidine rings is 1. The van der Waals surface area contributed by atoms with E-state index in [0.29, 0.717) is 28.8 Å². The number of phenolic OH excluding ortho intramolecular Hbond substituents is 1. The van der Waals surface area contributed by atoms with E-state index in [2.05, 4.69) is 32.1 Å². The Morgan fingerprint density at radius 1 is 0.947 bits per heavy atom. The second kappa shape index (κ2) is 10.8. The molecule has 9 heteroatoms. The molecule has 0 radical (unpaired) electrons. The number of aromatic hydroxyl groups is 1. The van der Waals surface area contributed by atoms with Gasteiger partial charge in [-0.2, -0.15) is 0 Å². The predicted octanol–water partition coefficient (Wildman–Crippen LogP) is 2.88. The summed E-state index contributed by atoms with van der Waals surface area (Å²) in [7, 11) is 1.57. The lowest BCUT2D eigenvalue weighted by Gasteiger charge is -2.40. The first-order chi connectivity index (χ1) is 18.6. The second-order valence-corrected chi connectivity index (χ2v) is 10.3. The van der Waals surface area contributed by atoms with Crippen molar-refractivity contribution in [3.63, 3.8) is 0 Å². The van der Waals surface area contributed by atoms with Crippen LogP contribution >= 0.6 is 0 Å². The molecular formula is C29H36N4O5. The second-order valence-electron chi connectivity index (χ2n) is 10.3. The Hall–Kier alpha value is -3.27. The van der Waals surface area contributed by atoms with E-state index in [-0.39, 0.29) is 16.6 Å². The normalized spacial score (nSPS) is 19.7. The minimum atomic E-state index is -0.271. The number of fused-ring (bicyclic) bond motifs is 1. The Bertz CT molecular complexity index is 1320. The molecule has 4 heterocycles. The first kappa shape index (κ1) is 25.0. The van der Waals surface area contributed by atoms with Gasteiger partial charge in [-0.25, -0.2) is 0 Å². The molecule has 0 amide bonds. The summed E-state index contributed by atoms with van der Waals surface area (Å²) in [5.74, 6) is 0.837. The third-order valence-electron chi connectivity index (χ3n) is 8.12. The molecule has 3 aliphatic heterocycles. The van der Waals surface area contributed by atoms with Gasteiger partial charge in [-0.15, -0.1) is 0 Å². The molecule has 1 aromatic heterocycles. The Morgan fingerprint density at radius 3 is 2.34 bits per heavy atom. The van der Waals surface area contributed by atoms with Crippen LogP contribution < -0.4 is 25.3 Å². The molecule has 202 valence electrons. The van der Waals surface area contributed by atoms with Gasteiger partial charge < -0.3 is 34.1 Å². The van der Waals surface area contributed by atoms with Crippen molar-refractivity contribution in [2.45, 2.75) is 18.9 Å². The fourth-order valence-corrected chi connectivity index (χ4v) is 6.03. The number of anilines is 2. The van der Waals surface area contributed by atoms with Crippen molar-refractivity contribution in [1.82, 2.24) is 10.2 Å². The minimum absolute atomic E-state index is 0.133. The number of hydrogen-bond donors (Lipinski definition) is 2. The van der Waals surface area contributed by atoms with Crippen LogP contribution in [0.4, 0.5) is 11.4 Å². The molecule has 0 atom stereocenters. The number of phenols is 1. The summed E-state index contributed by atoms with van der Waals surface area (Å²) in [5.41, 5.74) is 2.80. The lowest BCUT2D eigenvalue weighted by Crippen LogP contribution is -2.49. The zero-order chi connectivity index (χ0) is 26.1. The third-order valence-corrected chi connectivity index (χ3v) is 8.12. The summed E-state index contributed by atoms with van der Waals surface area (Å²) in [4.78, 5) is 20.3. The average Bonchev–Trinajstić information content (AvgIpc) is 2.97. The predicted molar refractivity (Wildman–Crippen MR) is 149 cm³/mol. The number of ether oxygens (including phenoxy) is 2. The minimum Gasteiger partial charge on any atom is -0.507 e. The molecule has 9 nitrogen and oxygen atoms in total. The Morgan fingerprint density at radius 2 is 1.66 bits per heavy atom. The summed E-state index contributed by atoms with van der Waals surface area (Å²) in [6, 6.07) is 11.9. The lowest BCUT2D eigenvalue weighted by atomic mass is 10.0. The Balaban J connectivity index is 1.27. The van der Waals surface area contributed by atoms with Crippen molar-refractivity contribution < 1.29 is 19.0 Å². The zero-order valence-electron chi connectivity index (χ0n) is 21.9. The number of methoxy groups -OCH3 is 1. The smallest absolute Gasteiger partial charge is 0.197 e. The van der Waals surface area contributed by atoms with Gasteiger partial charge in [0.05, 0.1) is 20.3 Å². The molecule has 6 rings (SSSR count). The highest BCUT2D eigenvalue weighted by atomic mass is 16.5. The molecule has 0 unspecified atom stereocenters. The number of rotatable bonds is 5. The Labute approximate surface area is 222 Å². The van der Waals surface area contributed by atoms with Crippen molar-refractivity contribution in [3.05, 3.63) is 46.6 Å². The van der Waals surface area contributed by atoms with E-state index in [9.17, 15) is 9.90 Å². The lowest BCUT2D eigenvalue weighted by molar-refractivity contribution is 0.0115. The van der Waals surface area contributed by atoms with Crippen LogP contribution in [0.15, 0.2) is 45.6 Å². The van der Waals surface area contributed by atoms with E-state index in [4.69, 9.17) is 13.9 Å². The number of benzene rings is 2. The van der Waals surface area contributed by atoms with E-state index in [1.54, 1.807) is 7.11 Å². The first-order valence-corrected chi connectivity index (χ1v) is 13.6. The van der Waals surface area contributed by atoms with Gasteiger partial charge in [0.2, 0.25) is 0 Å². The summed E-state index contributed by atoms with van der Waals surface area (Å²) in [6.07, 6.45) is 2.31. The van der Waals surface area contributed by atoms with Crippen LogP contribution in [0, 0.1) is 0 Å². The van der Waals surface area contributed by atoms with Gasteiger partial charge in [0.25, 0.3) is 0 Å². The average molecular weight is 521 g/mol. The van der Waals surface area contributed by atoms with Gasteiger partial charge >= 0.3 is 0 Å².